The molecule has 1 unspecified atom stereocenters. The average Bonchev–Trinajstić information content (AvgIpc) is 3.26. The Bertz CT molecular complexity index is 1120. The number of pyridine rings is 1. The predicted molar refractivity (Wildman–Crippen MR) is 114 cm³/mol. The molecule has 0 aliphatic heterocycles. The van der Waals surface area contributed by atoms with Crippen LogP contribution in [0.3, 0.4) is 0 Å². The number of hydrogen-bond donors (Lipinski definition) is 1. The molecule has 4 rings (SSSR count). The third kappa shape index (κ3) is 3.81. The van der Waals surface area contributed by atoms with Crippen molar-refractivity contribution < 1.29 is 12.9 Å². The van der Waals surface area contributed by atoms with Gasteiger partial charge in [0, 0.05) is 23.2 Å². The lowest BCUT2D eigenvalue weighted by atomic mass is 10.0. The molecule has 0 radical (unpaired) electrons. The van der Waals surface area contributed by atoms with Crippen molar-refractivity contribution in [3.63, 3.8) is 0 Å². The van der Waals surface area contributed by atoms with Crippen LogP contribution >= 0.6 is 0 Å². The molecule has 7 heteroatoms. The van der Waals surface area contributed by atoms with Crippen LogP contribution in [-0.4, -0.2) is 36.9 Å². The van der Waals surface area contributed by atoms with E-state index in [1.807, 2.05) is 26.0 Å². The smallest absolute Gasteiger partial charge is 0.179 e. The molecule has 0 amide bonds. The lowest BCUT2D eigenvalue weighted by molar-refractivity contribution is 0.393. The minimum atomic E-state index is -3.49. The summed E-state index contributed by atoms with van der Waals surface area (Å²) in [5.41, 5.74) is 3.02. The Hall–Kier alpha value is -2.25. The van der Waals surface area contributed by atoms with Crippen molar-refractivity contribution in [2.75, 3.05) is 12.3 Å². The van der Waals surface area contributed by atoms with Gasteiger partial charge >= 0.3 is 0 Å². The van der Waals surface area contributed by atoms with Crippen molar-refractivity contribution in [3.8, 4) is 11.1 Å². The quantitative estimate of drug-likeness (QED) is 0.656. The second-order valence-corrected chi connectivity index (χ2v) is 9.88. The molecule has 1 aliphatic carbocycles. The number of nitrogens with one attached hydrogen (secondary N) is 1. The van der Waals surface area contributed by atoms with E-state index in [1.165, 1.54) is 0 Å². The zero-order valence-electron chi connectivity index (χ0n) is 17.1. The summed E-state index contributed by atoms with van der Waals surface area (Å²) in [6.07, 6.45) is 4.74. The number of rotatable bonds is 6. The van der Waals surface area contributed by atoms with Crippen molar-refractivity contribution in [1.29, 1.82) is 0 Å². The summed E-state index contributed by atoms with van der Waals surface area (Å²) in [7, 11) is -3.49. The van der Waals surface area contributed by atoms with Gasteiger partial charge in [-0.05, 0) is 69.0 Å². The van der Waals surface area contributed by atoms with Crippen molar-refractivity contribution >= 4 is 20.7 Å². The molecule has 0 spiro atoms. The highest BCUT2D eigenvalue weighted by Gasteiger charge is 2.32. The molecule has 0 bridgehead atoms. The molecule has 2 aromatic heterocycles. The molecule has 1 aromatic carbocycles. The predicted octanol–water partition coefficient (Wildman–Crippen LogP) is 4.06. The number of aryl methyl sites for hydroxylation is 2. The molecule has 1 N–H and O–H groups in total. The lowest BCUT2D eigenvalue weighted by Gasteiger charge is -2.21. The Balaban J connectivity index is 1.82. The normalized spacial score (nSPS) is 19.8. The molecular formula is C22H27N3O3S. The van der Waals surface area contributed by atoms with Gasteiger partial charge in [-0.3, -0.25) is 4.98 Å². The Morgan fingerprint density at radius 1 is 1.24 bits per heavy atom. The molecule has 2 heterocycles. The number of aromatic nitrogens is 2. The van der Waals surface area contributed by atoms with Crippen LogP contribution in [0.5, 0.6) is 0 Å². The van der Waals surface area contributed by atoms with Crippen LogP contribution in [0, 0.1) is 19.8 Å². The van der Waals surface area contributed by atoms with Gasteiger partial charge in [-0.1, -0.05) is 18.5 Å². The van der Waals surface area contributed by atoms with Crippen LogP contribution < -0.4 is 5.32 Å². The third-order valence-electron chi connectivity index (χ3n) is 5.90. The highest BCUT2D eigenvalue weighted by Crippen LogP contribution is 2.35. The summed E-state index contributed by atoms with van der Waals surface area (Å²) in [4.78, 5) is 4.78. The molecule has 1 fully saturated rings. The van der Waals surface area contributed by atoms with Crippen LogP contribution in [0.25, 0.3) is 22.0 Å². The molecule has 3 aromatic rings. The standard InChI is InChI=1S/C22H27N3O3S/c1-4-23-19-9-5-7-16(19)13-29(26,27)21-12-17(22-14(2)25-28-15(22)3)11-20-18(21)8-6-10-24-20/h6,8,10-12,16,19,23H,4-5,7,9,13H2,1-3H3/t16-,19?/m0/s1. The van der Waals surface area contributed by atoms with Crippen LogP contribution in [-0.2, 0) is 9.84 Å². The molecule has 2 atom stereocenters. The number of hydrogen-bond acceptors (Lipinski definition) is 6. The van der Waals surface area contributed by atoms with Crippen molar-refractivity contribution in [3.05, 3.63) is 41.9 Å². The lowest BCUT2D eigenvalue weighted by Crippen LogP contribution is -2.35. The zero-order valence-corrected chi connectivity index (χ0v) is 17.9. The van der Waals surface area contributed by atoms with Crippen LogP contribution in [0.15, 0.2) is 39.9 Å². The highest BCUT2D eigenvalue weighted by molar-refractivity contribution is 7.91. The van der Waals surface area contributed by atoms with Gasteiger partial charge in [-0.2, -0.15) is 0 Å². The van der Waals surface area contributed by atoms with E-state index in [1.54, 1.807) is 18.3 Å². The van der Waals surface area contributed by atoms with Crippen LogP contribution in [0.1, 0.15) is 37.6 Å². The second-order valence-electron chi connectivity index (χ2n) is 7.88. The summed E-state index contributed by atoms with van der Waals surface area (Å²) in [5.74, 6) is 0.957. The van der Waals surface area contributed by atoms with Gasteiger partial charge in [0.25, 0.3) is 0 Å². The molecule has 1 saturated carbocycles. The minimum Gasteiger partial charge on any atom is -0.361 e. The van der Waals surface area contributed by atoms with Gasteiger partial charge in [0.05, 0.1) is 21.9 Å². The van der Waals surface area contributed by atoms with Crippen molar-refractivity contribution in [1.82, 2.24) is 15.5 Å². The number of fused-ring (bicyclic) bond motifs is 1. The molecular weight excluding hydrogens is 386 g/mol. The largest absolute Gasteiger partial charge is 0.361 e. The van der Waals surface area contributed by atoms with Gasteiger partial charge in [-0.15, -0.1) is 0 Å². The van der Waals surface area contributed by atoms with Gasteiger partial charge < -0.3 is 9.84 Å². The van der Waals surface area contributed by atoms with Gasteiger partial charge in [0.2, 0.25) is 0 Å². The second kappa shape index (κ2) is 7.88. The summed E-state index contributed by atoms with van der Waals surface area (Å²) in [6, 6.07) is 7.57. The third-order valence-corrected chi connectivity index (χ3v) is 7.77. The van der Waals surface area contributed by atoms with Crippen molar-refractivity contribution in [2.24, 2.45) is 5.92 Å². The Morgan fingerprint density at radius 3 is 2.79 bits per heavy atom. The number of nitrogens with zero attached hydrogens (tertiary/aromatic N) is 2. The first-order valence-electron chi connectivity index (χ1n) is 10.2. The fraction of sp³-hybridized carbons (Fsp3) is 0.455. The highest BCUT2D eigenvalue weighted by atomic mass is 32.2. The maximum Gasteiger partial charge on any atom is 0.179 e. The summed E-state index contributed by atoms with van der Waals surface area (Å²) >= 11 is 0. The first-order chi connectivity index (χ1) is 13.9. The monoisotopic (exact) mass is 413 g/mol. The summed E-state index contributed by atoms with van der Waals surface area (Å²) in [5, 5.41) is 8.15. The number of sulfone groups is 1. The molecule has 1 aliphatic rings. The minimum absolute atomic E-state index is 0.134. The molecule has 154 valence electrons. The Morgan fingerprint density at radius 2 is 2.07 bits per heavy atom. The van der Waals surface area contributed by atoms with Gasteiger partial charge in [-0.25, -0.2) is 8.42 Å². The van der Waals surface area contributed by atoms with E-state index >= 15 is 0 Å². The average molecular weight is 414 g/mol. The maximum absolute atomic E-state index is 13.5. The van der Waals surface area contributed by atoms with E-state index in [4.69, 9.17) is 4.52 Å². The molecule has 0 saturated heterocycles. The van der Waals surface area contributed by atoms with E-state index in [9.17, 15) is 8.42 Å². The van der Waals surface area contributed by atoms with Crippen LogP contribution in [0.2, 0.25) is 0 Å². The summed E-state index contributed by atoms with van der Waals surface area (Å²) in [6.45, 7) is 6.62. The fourth-order valence-corrected chi connectivity index (χ4v) is 6.54. The van der Waals surface area contributed by atoms with E-state index in [0.29, 0.717) is 21.6 Å². The van der Waals surface area contributed by atoms with E-state index in [-0.39, 0.29) is 17.7 Å². The van der Waals surface area contributed by atoms with Gasteiger partial charge in [0.1, 0.15) is 5.76 Å². The Labute approximate surface area is 171 Å². The molecule has 6 nitrogen and oxygen atoms in total. The summed E-state index contributed by atoms with van der Waals surface area (Å²) < 4.78 is 32.4. The van der Waals surface area contributed by atoms with Gasteiger partial charge in [0.15, 0.2) is 9.84 Å². The topological polar surface area (TPSA) is 85.1 Å². The first-order valence-corrected chi connectivity index (χ1v) is 11.8. The van der Waals surface area contributed by atoms with E-state index in [2.05, 4.69) is 22.4 Å². The number of benzene rings is 1. The zero-order chi connectivity index (χ0) is 20.6. The fourth-order valence-electron chi connectivity index (χ4n) is 4.58. The SMILES string of the molecule is CCNC1CCC[C@H]1CS(=O)(=O)c1cc(-c2c(C)noc2C)cc2ncccc12. The first kappa shape index (κ1) is 20.0. The van der Waals surface area contributed by atoms with E-state index in [0.717, 1.165) is 42.6 Å². The maximum atomic E-state index is 13.5. The van der Waals surface area contributed by atoms with Crippen LogP contribution in [0.4, 0.5) is 0 Å². The Kier molecular flexibility index (Phi) is 5.44. The van der Waals surface area contributed by atoms with E-state index < -0.39 is 9.84 Å². The van der Waals surface area contributed by atoms with Crippen molar-refractivity contribution in [2.45, 2.75) is 51.0 Å². The molecule has 29 heavy (non-hydrogen) atoms.